The minimum absolute atomic E-state index is 0.547. The molecule has 19 heavy (non-hydrogen) atoms. The van der Waals surface area contributed by atoms with Gasteiger partial charge in [0.2, 0.25) is 5.88 Å². The summed E-state index contributed by atoms with van der Waals surface area (Å²) in [6.07, 6.45) is 0. The zero-order valence-corrected chi connectivity index (χ0v) is 10.8. The molecule has 0 unspecified atom stereocenters. The lowest BCUT2D eigenvalue weighted by molar-refractivity contribution is 0.398. The summed E-state index contributed by atoms with van der Waals surface area (Å²) in [5.74, 6) is 1.14. The van der Waals surface area contributed by atoms with Crippen molar-refractivity contribution in [1.82, 2.24) is 14.4 Å². The summed E-state index contributed by atoms with van der Waals surface area (Å²) in [6.45, 7) is 1.99. The zero-order valence-electron chi connectivity index (χ0n) is 10.8. The summed E-state index contributed by atoms with van der Waals surface area (Å²) >= 11 is 0. The molecular formula is C14H14N4O. The Balaban J connectivity index is 2.25. The van der Waals surface area contributed by atoms with Crippen LogP contribution in [0.2, 0.25) is 0 Å². The number of rotatable bonds is 2. The van der Waals surface area contributed by atoms with E-state index in [-0.39, 0.29) is 0 Å². The second kappa shape index (κ2) is 4.28. The Kier molecular flexibility index (Phi) is 2.59. The van der Waals surface area contributed by atoms with Gasteiger partial charge in [0.15, 0.2) is 0 Å². The van der Waals surface area contributed by atoms with Gasteiger partial charge in [0.05, 0.1) is 12.8 Å². The second-order valence-electron chi connectivity index (χ2n) is 4.27. The van der Waals surface area contributed by atoms with Gasteiger partial charge in [-0.05, 0) is 25.1 Å². The quantitative estimate of drug-likeness (QED) is 0.762. The lowest BCUT2D eigenvalue weighted by Gasteiger charge is -2.03. The third-order valence-corrected chi connectivity index (χ3v) is 3.05. The molecule has 0 aliphatic rings. The summed E-state index contributed by atoms with van der Waals surface area (Å²) in [5, 5.41) is 0. The fourth-order valence-electron chi connectivity index (χ4n) is 2.13. The van der Waals surface area contributed by atoms with Crippen LogP contribution in [-0.4, -0.2) is 21.5 Å². The maximum atomic E-state index is 6.18. The highest BCUT2D eigenvalue weighted by Gasteiger charge is 2.13. The van der Waals surface area contributed by atoms with E-state index in [9.17, 15) is 0 Å². The van der Waals surface area contributed by atoms with E-state index in [0.29, 0.717) is 23.1 Å². The normalized spacial score (nSPS) is 10.8. The van der Waals surface area contributed by atoms with Gasteiger partial charge < -0.3 is 10.5 Å². The molecule has 0 aromatic carbocycles. The highest BCUT2D eigenvalue weighted by atomic mass is 16.5. The van der Waals surface area contributed by atoms with Crippen LogP contribution >= 0.6 is 0 Å². The van der Waals surface area contributed by atoms with Crippen molar-refractivity contribution in [2.24, 2.45) is 0 Å². The van der Waals surface area contributed by atoms with Crippen molar-refractivity contribution >= 4 is 11.5 Å². The minimum Gasteiger partial charge on any atom is -0.481 e. The summed E-state index contributed by atoms with van der Waals surface area (Å²) in [6, 6.07) is 11.4. The van der Waals surface area contributed by atoms with E-state index in [1.165, 1.54) is 0 Å². The summed E-state index contributed by atoms with van der Waals surface area (Å²) in [7, 11) is 1.59. The van der Waals surface area contributed by atoms with E-state index in [1.54, 1.807) is 13.2 Å². The summed E-state index contributed by atoms with van der Waals surface area (Å²) in [5.41, 5.74) is 9.42. The molecule has 0 amide bonds. The largest absolute Gasteiger partial charge is 0.481 e. The van der Waals surface area contributed by atoms with Gasteiger partial charge in [0.1, 0.15) is 17.2 Å². The van der Waals surface area contributed by atoms with Gasteiger partial charge in [-0.3, -0.25) is 4.40 Å². The Morgan fingerprint density at radius 3 is 2.63 bits per heavy atom. The minimum atomic E-state index is 0.547. The van der Waals surface area contributed by atoms with E-state index in [2.05, 4.69) is 9.97 Å². The fraction of sp³-hybridized carbons (Fsp3) is 0.143. The molecule has 0 aliphatic heterocycles. The Labute approximate surface area is 110 Å². The predicted molar refractivity (Wildman–Crippen MR) is 74.1 cm³/mol. The van der Waals surface area contributed by atoms with Gasteiger partial charge in [0.25, 0.3) is 0 Å². The molecule has 2 N–H and O–H groups in total. The molecule has 96 valence electrons. The molecule has 3 rings (SSSR count). The number of aryl methyl sites for hydroxylation is 1. The molecule has 5 nitrogen and oxygen atoms in total. The number of methoxy groups -OCH3 is 1. The lowest BCUT2D eigenvalue weighted by Crippen LogP contribution is -1.98. The number of imidazole rings is 1. The number of aromatic nitrogens is 3. The standard InChI is InChI=1S/C14H14N4O/c1-9-5-3-7-11-17-13(14(15)18(9)11)10-6-4-8-12(16-10)19-2/h3-8H,15H2,1-2H3. The predicted octanol–water partition coefficient (Wildman–Crippen LogP) is 2.30. The third-order valence-electron chi connectivity index (χ3n) is 3.05. The molecule has 0 spiro atoms. The Bertz CT molecular complexity index is 748. The monoisotopic (exact) mass is 254 g/mol. The number of nitrogens with two attached hydrogens (primary N) is 1. The average molecular weight is 254 g/mol. The molecule has 0 saturated heterocycles. The second-order valence-corrected chi connectivity index (χ2v) is 4.27. The topological polar surface area (TPSA) is 65.4 Å². The van der Waals surface area contributed by atoms with Gasteiger partial charge in [-0.15, -0.1) is 0 Å². The molecule has 0 radical (unpaired) electrons. The number of fused-ring (bicyclic) bond motifs is 1. The van der Waals surface area contributed by atoms with E-state index in [0.717, 1.165) is 11.3 Å². The van der Waals surface area contributed by atoms with Gasteiger partial charge in [0, 0.05) is 11.8 Å². The third kappa shape index (κ3) is 1.79. The maximum Gasteiger partial charge on any atom is 0.213 e. The number of nitrogen functional groups attached to an aromatic ring is 1. The average Bonchev–Trinajstić information content (AvgIpc) is 2.77. The van der Waals surface area contributed by atoms with Crippen LogP contribution in [0, 0.1) is 6.92 Å². The number of hydrogen-bond acceptors (Lipinski definition) is 4. The number of nitrogens with zero attached hydrogens (tertiary/aromatic N) is 3. The highest BCUT2D eigenvalue weighted by Crippen LogP contribution is 2.27. The van der Waals surface area contributed by atoms with Gasteiger partial charge in [-0.2, -0.15) is 0 Å². The van der Waals surface area contributed by atoms with E-state index < -0.39 is 0 Å². The molecule has 0 aliphatic carbocycles. The molecule has 3 aromatic heterocycles. The maximum absolute atomic E-state index is 6.18. The Hall–Kier alpha value is -2.56. The number of anilines is 1. The number of ether oxygens (including phenoxy) is 1. The van der Waals surface area contributed by atoms with E-state index in [4.69, 9.17) is 10.5 Å². The molecule has 0 saturated carbocycles. The number of hydrogen-bond donors (Lipinski definition) is 1. The van der Waals surface area contributed by atoms with Crippen LogP contribution in [0.3, 0.4) is 0 Å². The van der Waals surface area contributed by atoms with E-state index in [1.807, 2.05) is 41.7 Å². The lowest BCUT2D eigenvalue weighted by atomic mass is 10.2. The van der Waals surface area contributed by atoms with Gasteiger partial charge in [-0.1, -0.05) is 12.1 Å². The first-order valence-electron chi connectivity index (χ1n) is 5.95. The van der Waals surface area contributed by atoms with Crippen LogP contribution in [0.5, 0.6) is 5.88 Å². The SMILES string of the molecule is COc1cccc(-c2nc3cccc(C)n3c2N)n1. The molecule has 5 heteroatoms. The Morgan fingerprint density at radius 1 is 1.11 bits per heavy atom. The van der Waals surface area contributed by atoms with Crippen molar-refractivity contribution < 1.29 is 4.74 Å². The van der Waals surface area contributed by atoms with Crippen LogP contribution in [0.15, 0.2) is 36.4 Å². The van der Waals surface area contributed by atoms with Crippen molar-refractivity contribution in [2.45, 2.75) is 6.92 Å². The van der Waals surface area contributed by atoms with Crippen molar-refractivity contribution in [3.05, 3.63) is 42.1 Å². The molecule has 3 heterocycles. The molecule has 0 atom stereocenters. The Morgan fingerprint density at radius 2 is 1.89 bits per heavy atom. The summed E-state index contributed by atoms with van der Waals surface area (Å²) < 4.78 is 7.04. The van der Waals surface area contributed by atoms with Crippen molar-refractivity contribution in [2.75, 3.05) is 12.8 Å². The van der Waals surface area contributed by atoms with Crippen LogP contribution in [0.25, 0.3) is 17.0 Å². The summed E-state index contributed by atoms with van der Waals surface area (Å²) in [4.78, 5) is 8.91. The fourth-order valence-corrected chi connectivity index (χ4v) is 2.13. The van der Waals surface area contributed by atoms with Gasteiger partial charge in [-0.25, -0.2) is 9.97 Å². The first kappa shape index (κ1) is 11.5. The van der Waals surface area contributed by atoms with Gasteiger partial charge >= 0.3 is 0 Å². The molecule has 3 aromatic rings. The van der Waals surface area contributed by atoms with Crippen molar-refractivity contribution in [1.29, 1.82) is 0 Å². The molecular weight excluding hydrogens is 240 g/mol. The van der Waals surface area contributed by atoms with Crippen LogP contribution < -0.4 is 10.5 Å². The van der Waals surface area contributed by atoms with Crippen LogP contribution in [0.4, 0.5) is 5.82 Å². The van der Waals surface area contributed by atoms with E-state index >= 15 is 0 Å². The first-order chi connectivity index (χ1) is 9.20. The van der Waals surface area contributed by atoms with Crippen LogP contribution in [0.1, 0.15) is 5.69 Å². The highest BCUT2D eigenvalue weighted by molar-refractivity contribution is 5.73. The zero-order chi connectivity index (χ0) is 13.4. The molecule has 0 bridgehead atoms. The smallest absolute Gasteiger partial charge is 0.213 e. The van der Waals surface area contributed by atoms with Crippen molar-refractivity contribution in [3.8, 4) is 17.3 Å². The number of pyridine rings is 2. The first-order valence-corrected chi connectivity index (χ1v) is 5.95. The molecule has 0 fully saturated rings. The van der Waals surface area contributed by atoms with Crippen molar-refractivity contribution in [3.63, 3.8) is 0 Å². The van der Waals surface area contributed by atoms with Crippen LogP contribution in [-0.2, 0) is 0 Å².